The van der Waals surface area contributed by atoms with Gasteiger partial charge in [-0.15, -0.1) is 0 Å². The van der Waals surface area contributed by atoms with E-state index in [0.29, 0.717) is 12.3 Å². The first-order valence-electron chi connectivity index (χ1n) is 5.49. The molecule has 0 aliphatic rings. The lowest BCUT2D eigenvalue weighted by atomic mass is 10.0. The van der Waals surface area contributed by atoms with E-state index in [2.05, 4.69) is 0 Å². The molecular weight excluding hydrogens is 210 g/mol. The molecule has 0 heterocycles. The zero-order valence-electron chi connectivity index (χ0n) is 9.59. The van der Waals surface area contributed by atoms with Crippen LogP contribution in [0.5, 0.6) is 0 Å². The molecule has 0 fully saturated rings. The van der Waals surface area contributed by atoms with Crippen LogP contribution in [0.4, 0.5) is 8.78 Å². The molecule has 0 bridgehead atoms. The Balaban J connectivity index is 2.66. The highest BCUT2D eigenvalue weighted by Crippen LogP contribution is 2.16. The van der Waals surface area contributed by atoms with Gasteiger partial charge in [-0.05, 0) is 24.5 Å². The molecule has 1 nitrogen and oxygen atoms in total. The highest BCUT2D eigenvalue weighted by molar-refractivity contribution is 5.96. The Hall–Kier alpha value is -1.25. The molecule has 0 aliphatic carbocycles. The number of hydrogen-bond donors (Lipinski definition) is 0. The first kappa shape index (κ1) is 12.8. The van der Waals surface area contributed by atoms with Gasteiger partial charge in [0.15, 0.2) is 5.78 Å². The maximum absolute atomic E-state index is 13.2. The molecule has 0 amide bonds. The first-order valence-corrected chi connectivity index (χ1v) is 5.49. The van der Waals surface area contributed by atoms with E-state index >= 15 is 0 Å². The van der Waals surface area contributed by atoms with Gasteiger partial charge in [-0.1, -0.05) is 26.3 Å². The average molecular weight is 226 g/mol. The van der Waals surface area contributed by atoms with Gasteiger partial charge < -0.3 is 0 Å². The molecular formula is C13H16F2O. The van der Waals surface area contributed by atoms with E-state index in [4.69, 9.17) is 0 Å². The largest absolute Gasteiger partial charge is 0.294 e. The summed E-state index contributed by atoms with van der Waals surface area (Å²) in [4.78, 5) is 11.6. The van der Waals surface area contributed by atoms with Gasteiger partial charge in [-0.2, -0.15) is 0 Å². The third-order valence-electron chi connectivity index (χ3n) is 2.43. The van der Waals surface area contributed by atoms with Crippen LogP contribution in [-0.2, 0) is 0 Å². The minimum absolute atomic E-state index is 0.204. The van der Waals surface area contributed by atoms with Crippen LogP contribution in [0.2, 0.25) is 0 Å². The van der Waals surface area contributed by atoms with E-state index in [1.807, 2.05) is 13.8 Å². The van der Waals surface area contributed by atoms with Gasteiger partial charge in [-0.25, -0.2) is 8.78 Å². The smallest absolute Gasteiger partial charge is 0.168 e. The Morgan fingerprint density at radius 2 is 1.81 bits per heavy atom. The number of Topliss-reactive ketones (excluding diaryl/α,β-unsaturated/α-hetero) is 1. The summed E-state index contributed by atoms with van der Waals surface area (Å²) in [6, 6.07) is 3.48. The van der Waals surface area contributed by atoms with Gasteiger partial charge in [0.1, 0.15) is 11.6 Å². The maximum atomic E-state index is 13.2. The van der Waals surface area contributed by atoms with Crippen molar-refractivity contribution >= 4 is 5.78 Å². The number of benzene rings is 1. The van der Waals surface area contributed by atoms with Crippen molar-refractivity contribution in [1.82, 2.24) is 0 Å². The summed E-state index contributed by atoms with van der Waals surface area (Å²) in [5.41, 5.74) is -0.397. The fraction of sp³-hybridized carbons (Fsp3) is 0.462. The van der Waals surface area contributed by atoms with E-state index < -0.39 is 23.0 Å². The van der Waals surface area contributed by atoms with Gasteiger partial charge in [0, 0.05) is 6.42 Å². The van der Waals surface area contributed by atoms with E-state index in [1.165, 1.54) is 6.07 Å². The molecule has 88 valence electrons. The normalized spacial score (nSPS) is 10.8. The second-order valence-corrected chi connectivity index (χ2v) is 4.31. The quantitative estimate of drug-likeness (QED) is 0.694. The SMILES string of the molecule is CC(C)CCCC(=O)c1c(F)cccc1F. The molecule has 16 heavy (non-hydrogen) atoms. The van der Waals surface area contributed by atoms with Crippen LogP contribution >= 0.6 is 0 Å². The van der Waals surface area contributed by atoms with Crippen LogP contribution in [0, 0.1) is 17.6 Å². The van der Waals surface area contributed by atoms with Crippen LogP contribution in [0.15, 0.2) is 18.2 Å². The van der Waals surface area contributed by atoms with Gasteiger partial charge in [0.05, 0.1) is 5.56 Å². The minimum Gasteiger partial charge on any atom is -0.294 e. The summed E-state index contributed by atoms with van der Waals surface area (Å²) in [7, 11) is 0. The van der Waals surface area contributed by atoms with Crippen molar-refractivity contribution < 1.29 is 13.6 Å². The van der Waals surface area contributed by atoms with E-state index in [1.54, 1.807) is 0 Å². The van der Waals surface area contributed by atoms with Crippen LogP contribution < -0.4 is 0 Å². The molecule has 1 rings (SSSR count). The number of rotatable bonds is 5. The fourth-order valence-corrected chi connectivity index (χ4v) is 1.56. The second-order valence-electron chi connectivity index (χ2n) is 4.31. The summed E-state index contributed by atoms with van der Waals surface area (Å²) in [6.45, 7) is 4.10. The monoisotopic (exact) mass is 226 g/mol. The summed E-state index contributed by atoms with van der Waals surface area (Å²) in [5, 5.41) is 0. The predicted octanol–water partition coefficient (Wildman–Crippen LogP) is 3.97. The zero-order chi connectivity index (χ0) is 12.1. The lowest BCUT2D eigenvalue weighted by Crippen LogP contribution is -2.06. The van der Waals surface area contributed by atoms with Crippen molar-refractivity contribution in [2.24, 2.45) is 5.92 Å². The second kappa shape index (κ2) is 5.73. The lowest BCUT2D eigenvalue weighted by molar-refractivity contribution is 0.0970. The fourth-order valence-electron chi connectivity index (χ4n) is 1.56. The lowest BCUT2D eigenvalue weighted by Gasteiger charge is -2.05. The highest BCUT2D eigenvalue weighted by atomic mass is 19.1. The summed E-state index contributed by atoms with van der Waals surface area (Å²) < 4.78 is 26.5. The van der Waals surface area contributed by atoms with Crippen LogP contribution in [-0.4, -0.2) is 5.78 Å². The van der Waals surface area contributed by atoms with Crippen molar-refractivity contribution in [2.75, 3.05) is 0 Å². The molecule has 0 unspecified atom stereocenters. The van der Waals surface area contributed by atoms with E-state index in [0.717, 1.165) is 18.6 Å². The summed E-state index contributed by atoms with van der Waals surface area (Å²) >= 11 is 0. The molecule has 0 saturated carbocycles. The number of carbonyl (C=O) groups excluding carboxylic acids is 1. The van der Waals surface area contributed by atoms with Crippen molar-refractivity contribution in [2.45, 2.75) is 33.1 Å². The molecule has 0 aliphatic heterocycles. The predicted molar refractivity (Wildman–Crippen MR) is 59.4 cm³/mol. The van der Waals surface area contributed by atoms with Crippen LogP contribution in [0.1, 0.15) is 43.5 Å². The van der Waals surface area contributed by atoms with Crippen molar-refractivity contribution in [3.05, 3.63) is 35.4 Å². The van der Waals surface area contributed by atoms with E-state index in [9.17, 15) is 13.6 Å². The van der Waals surface area contributed by atoms with Crippen molar-refractivity contribution in [1.29, 1.82) is 0 Å². The molecule has 0 atom stereocenters. The molecule has 3 heteroatoms. The molecule has 1 aromatic rings. The summed E-state index contributed by atoms with van der Waals surface area (Å²) in [5.74, 6) is -1.49. The Morgan fingerprint density at radius 1 is 1.25 bits per heavy atom. The number of carbonyl (C=O) groups is 1. The highest BCUT2D eigenvalue weighted by Gasteiger charge is 2.16. The molecule has 0 N–H and O–H groups in total. The number of ketones is 1. The molecule has 0 aromatic heterocycles. The minimum atomic E-state index is -0.769. The average Bonchev–Trinajstić information content (AvgIpc) is 2.16. The van der Waals surface area contributed by atoms with Crippen molar-refractivity contribution in [3.63, 3.8) is 0 Å². The summed E-state index contributed by atoms with van der Waals surface area (Å²) in [6.07, 6.45) is 1.77. The van der Waals surface area contributed by atoms with Gasteiger partial charge in [0.25, 0.3) is 0 Å². The third-order valence-corrected chi connectivity index (χ3v) is 2.43. The third kappa shape index (κ3) is 3.40. The van der Waals surface area contributed by atoms with Crippen LogP contribution in [0.3, 0.4) is 0 Å². The zero-order valence-corrected chi connectivity index (χ0v) is 9.59. The topological polar surface area (TPSA) is 17.1 Å². The Kier molecular flexibility index (Phi) is 4.59. The maximum Gasteiger partial charge on any atom is 0.168 e. The van der Waals surface area contributed by atoms with Gasteiger partial charge in [-0.3, -0.25) is 4.79 Å². The number of halogens is 2. The molecule has 0 saturated heterocycles. The Morgan fingerprint density at radius 3 is 2.31 bits per heavy atom. The Labute approximate surface area is 94.5 Å². The number of hydrogen-bond acceptors (Lipinski definition) is 1. The molecule has 1 aromatic carbocycles. The van der Waals surface area contributed by atoms with Gasteiger partial charge >= 0.3 is 0 Å². The van der Waals surface area contributed by atoms with E-state index in [-0.39, 0.29) is 6.42 Å². The van der Waals surface area contributed by atoms with Crippen molar-refractivity contribution in [3.8, 4) is 0 Å². The Bertz CT molecular complexity index is 352. The van der Waals surface area contributed by atoms with Gasteiger partial charge in [0.2, 0.25) is 0 Å². The molecule has 0 spiro atoms. The first-order chi connectivity index (χ1) is 7.52. The standard InChI is InChI=1S/C13H16F2O/c1-9(2)5-3-8-12(16)13-10(14)6-4-7-11(13)15/h4,6-7,9H,3,5,8H2,1-2H3. The molecule has 0 radical (unpaired) electrons. The van der Waals surface area contributed by atoms with Crippen LogP contribution in [0.25, 0.3) is 0 Å².